The summed E-state index contributed by atoms with van der Waals surface area (Å²) in [4.78, 5) is 27.2. The highest BCUT2D eigenvalue weighted by Crippen LogP contribution is 2.22. The van der Waals surface area contributed by atoms with E-state index in [0.717, 1.165) is 34.3 Å². The summed E-state index contributed by atoms with van der Waals surface area (Å²) >= 11 is 6.06. The van der Waals surface area contributed by atoms with Crippen molar-refractivity contribution >= 4 is 39.1 Å². The van der Waals surface area contributed by atoms with Crippen molar-refractivity contribution in [1.29, 1.82) is 0 Å². The van der Waals surface area contributed by atoms with Crippen LogP contribution >= 0.6 is 11.6 Å². The molecule has 192 valence electrons. The molecule has 2 rings (SSSR count). The standard InChI is InChI=1S/C24H30ClF2N3O4S/c1-16(2)28-24(32)17(3)29(15-18-7-5-8-19(25)13-18)23(31)9-6-12-30(35(4,33)34)20-10-11-21(26)22(27)14-20/h5,7-8,10-11,13-14,16-17H,6,9,12,15H2,1-4H3,(H,28,32)/t17-/m0/s1. The summed E-state index contributed by atoms with van der Waals surface area (Å²) in [6.07, 6.45) is 0.963. The highest BCUT2D eigenvalue weighted by molar-refractivity contribution is 7.92. The van der Waals surface area contributed by atoms with Crippen molar-refractivity contribution in [2.75, 3.05) is 17.1 Å². The van der Waals surface area contributed by atoms with Crippen LogP contribution in [-0.2, 0) is 26.2 Å². The summed E-state index contributed by atoms with van der Waals surface area (Å²) in [6, 6.07) is 8.81. The summed E-state index contributed by atoms with van der Waals surface area (Å²) in [6.45, 7) is 5.24. The normalized spacial score (nSPS) is 12.3. The molecule has 0 heterocycles. The van der Waals surface area contributed by atoms with Crippen molar-refractivity contribution in [2.24, 2.45) is 0 Å². The zero-order valence-corrected chi connectivity index (χ0v) is 21.7. The number of hydrogen-bond acceptors (Lipinski definition) is 4. The third kappa shape index (κ3) is 8.47. The highest BCUT2D eigenvalue weighted by atomic mass is 35.5. The van der Waals surface area contributed by atoms with Gasteiger partial charge >= 0.3 is 0 Å². The molecule has 35 heavy (non-hydrogen) atoms. The maximum absolute atomic E-state index is 13.7. The Morgan fingerprint density at radius 3 is 2.31 bits per heavy atom. The van der Waals surface area contributed by atoms with E-state index in [1.165, 1.54) is 4.90 Å². The number of rotatable bonds is 11. The average Bonchev–Trinajstić information content (AvgIpc) is 2.75. The molecular weight excluding hydrogens is 500 g/mol. The number of nitrogens with zero attached hydrogens (tertiary/aromatic N) is 2. The van der Waals surface area contributed by atoms with Gasteiger partial charge in [-0.2, -0.15) is 0 Å². The number of sulfonamides is 1. The van der Waals surface area contributed by atoms with Crippen LogP contribution in [0.2, 0.25) is 5.02 Å². The Hall–Kier alpha value is -2.72. The Morgan fingerprint density at radius 1 is 1.06 bits per heavy atom. The van der Waals surface area contributed by atoms with Crippen molar-refractivity contribution in [3.8, 4) is 0 Å². The Balaban J connectivity index is 2.19. The second kappa shape index (κ2) is 12.3. The van der Waals surface area contributed by atoms with Gasteiger partial charge in [0.1, 0.15) is 6.04 Å². The summed E-state index contributed by atoms with van der Waals surface area (Å²) < 4.78 is 52.4. The van der Waals surface area contributed by atoms with Gasteiger partial charge in [-0.15, -0.1) is 0 Å². The number of benzene rings is 2. The number of hydrogen-bond donors (Lipinski definition) is 1. The van der Waals surface area contributed by atoms with Crippen molar-refractivity contribution < 1.29 is 26.8 Å². The van der Waals surface area contributed by atoms with Crippen LogP contribution in [0.15, 0.2) is 42.5 Å². The molecule has 2 aromatic carbocycles. The lowest BCUT2D eigenvalue weighted by atomic mass is 10.1. The van der Waals surface area contributed by atoms with E-state index in [1.54, 1.807) is 31.2 Å². The highest BCUT2D eigenvalue weighted by Gasteiger charge is 2.27. The molecule has 1 N–H and O–H groups in total. The number of carbonyl (C=O) groups excluding carboxylic acids is 2. The summed E-state index contributed by atoms with van der Waals surface area (Å²) in [5.41, 5.74) is 0.689. The first-order valence-electron chi connectivity index (χ1n) is 11.1. The Labute approximate surface area is 210 Å². The van der Waals surface area contributed by atoms with Gasteiger partial charge in [-0.05, 0) is 57.0 Å². The van der Waals surface area contributed by atoms with Gasteiger partial charge in [0.25, 0.3) is 0 Å². The average molecular weight is 530 g/mol. The molecule has 1 atom stereocenters. The maximum Gasteiger partial charge on any atom is 0.242 e. The van der Waals surface area contributed by atoms with E-state index in [9.17, 15) is 26.8 Å². The van der Waals surface area contributed by atoms with E-state index < -0.39 is 27.7 Å². The minimum atomic E-state index is -3.82. The third-order valence-electron chi connectivity index (χ3n) is 5.18. The number of halogens is 3. The molecule has 0 fully saturated rings. The van der Waals surface area contributed by atoms with E-state index >= 15 is 0 Å². The summed E-state index contributed by atoms with van der Waals surface area (Å²) in [5.74, 6) is -2.96. The summed E-state index contributed by atoms with van der Waals surface area (Å²) in [5, 5.41) is 3.28. The predicted molar refractivity (Wildman–Crippen MR) is 133 cm³/mol. The van der Waals surface area contributed by atoms with Crippen molar-refractivity contribution in [3.05, 3.63) is 64.7 Å². The first-order chi connectivity index (χ1) is 16.3. The van der Waals surface area contributed by atoms with Crippen molar-refractivity contribution in [2.45, 2.75) is 52.2 Å². The summed E-state index contributed by atoms with van der Waals surface area (Å²) in [7, 11) is -3.82. The molecule has 11 heteroatoms. The van der Waals surface area contributed by atoms with E-state index in [0.29, 0.717) is 5.02 Å². The van der Waals surface area contributed by atoms with Gasteiger partial charge in [-0.25, -0.2) is 17.2 Å². The number of nitrogens with one attached hydrogen (secondary N) is 1. The van der Waals surface area contributed by atoms with Gasteiger partial charge < -0.3 is 10.2 Å². The molecule has 0 aliphatic rings. The number of amides is 2. The van der Waals surface area contributed by atoms with Gasteiger partial charge in [0.05, 0.1) is 11.9 Å². The van der Waals surface area contributed by atoms with E-state index in [-0.39, 0.29) is 49.5 Å². The fourth-order valence-corrected chi connectivity index (χ4v) is 4.63. The van der Waals surface area contributed by atoms with Gasteiger partial charge in [-0.1, -0.05) is 23.7 Å². The number of carbonyl (C=O) groups is 2. The van der Waals surface area contributed by atoms with E-state index in [2.05, 4.69) is 5.32 Å². The SMILES string of the molecule is CC(C)NC(=O)[C@H](C)N(Cc1cccc(Cl)c1)C(=O)CCCN(c1ccc(F)c(F)c1)S(C)(=O)=O. The molecule has 0 saturated heterocycles. The maximum atomic E-state index is 13.7. The lowest BCUT2D eigenvalue weighted by molar-refractivity contribution is -0.140. The van der Waals surface area contributed by atoms with E-state index in [4.69, 9.17) is 11.6 Å². The van der Waals surface area contributed by atoms with Gasteiger partial charge in [0, 0.05) is 36.6 Å². The van der Waals surface area contributed by atoms with Gasteiger partial charge in [-0.3, -0.25) is 13.9 Å². The minimum Gasteiger partial charge on any atom is -0.352 e. The molecule has 0 aromatic heterocycles. The lowest BCUT2D eigenvalue weighted by Crippen LogP contribution is -2.49. The lowest BCUT2D eigenvalue weighted by Gasteiger charge is -2.30. The topological polar surface area (TPSA) is 86.8 Å². The van der Waals surface area contributed by atoms with Crippen LogP contribution in [0, 0.1) is 11.6 Å². The van der Waals surface area contributed by atoms with Crippen molar-refractivity contribution in [1.82, 2.24) is 10.2 Å². The second-order valence-electron chi connectivity index (χ2n) is 8.53. The second-order valence-corrected chi connectivity index (χ2v) is 10.9. The fraction of sp³-hybridized carbons (Fsp3) is 0.417. The van der Waals surface area contributed by atoms with Gasteiger partial charge in [0.15, 0.2) is 11.6 Å². The van der Waals surface area contributed by atoms with Crippen molar-refractivity contribution in [3.63, 3.8) is 0 Å². The molecule has 0 unspecified atom stereocenters. The molecule has 2 amide bonds. The molecule has 0 saturated carbocycles. The van der Waals surface area contributed by atoms with Crippen LogP contribution in [0.4, 0.5) is 14.5 Å². The first kappa shape index (κ1) is 28.5. The quantitative estimate of drug-likeness (QED) is 0.474. The zero-order valence-electron chi connectivity index (χ0n) is 20.1. The van der Waals surface area contributed by atoms with Crippen LogP contribution in [0.1, 0.15) is 39.2 Å². The van der Waals surface area contributed by atoms with Crippen LogP contribution in [0.25, 0.3) is 0 Å². The van der Waals surface area contributed by atoms with E-state index in [1.807, 2.05) is 13.8 Å². The Bertz CT molecular complexity index is 1160. The van der Waals surface area contributed by atoms with Crippen LogP contribution in [0.3, 0.4) is 0 Å². The largest absolute Gasteiger partial charge is 0.352 e. The molecule has 0 aliphatic carbocycles. The third-order valence-corrected chi connectivity index (χ3v) is 6.61. The molecular formula is C24H30ClF2N3O4S. The van der Waals surface area contributed by atoms with Gasteiger partial charge in [0.2, 0.25) is 21.8 Å². The molecule has 0 aliphatic heterocycles. The van der Waals surface area contributed by atoms with Crippen LogP contribution in [-0.4, -0.2) is 50.0 Å². The predicted octanol–water partition coefficient (Wildman–Crippen LogP) is 4.11. The zero-order chi connectivity index (χ0) is 26.3. The monoisotopic (exact) mass is 529 g/mol. The number of anilines is 1. The Morgan fingerprint density at radius 2 is 1.74 bits per heavy atom. The Kier molecular flexibility index (Phi) is 10.0. The molecule has 0 bridgehead atoms. The minimum absolute atomic E-state index is 0.0423. The molecule has 0 radical (unpaired) electrons. The fourth-order valence-electron chi connectivity index (χ4n) is 3.46. The molecule has 0 spiro atoms. The van der Waals surface area contributed by atoms with Crippen LogP contribution in [0.5, 0.6) is 0 Å². The smallest absolute Gasteiger partial charge is 0.242 e. The molecule has 7 nitrogen and oxygen atoms in total. The first-order valence-corrected chi connectivity index (χ1v) is 13.3. The van der Waals surface area contributed by atoms with Crippen LogP contribution < -0.4 is 9.62 Å². The molecule has 2 aromatic rings.